The third-order valence-corrected chi connectivity index (χ3v) is 3.49. The number of rotatable bonds is 10. The van der Waals surface area contributed by atoms with Crippen molar-refractivity contribution in [1.29, 1.82) is 5.26 Å². The number of hydrogen-bond acceptors (Lipinski definition) is 4. The molecule has 1 atom stereocenters. The summed E-state index contributed by atoms with van der Waals surface area (Å²) in [5, 5.41) is 8.89. The van der Waals surface area contributed by atoms with Gasteiger partial charge in [-0.05, 0) is 52.5 Å². The summed E-state index contributed by atoms with van der Waals surface area (Å²) in [6.45, 7) is 14.8. The topological polar surface area (TPSA) is 56.3 Å². The zero-order valence-corrected chi connectivity index (χ0v) is 12.6. The second-order valence-corrected chi connectivity index (χ2v) is 5.09. The van der Waals surface area contributed by atoms with Gasteiger partial charge in [0.05, 0.1) is 6.07 Å². The van der Waals surface area contributed by atoms with E-state index in [2.05, 4.69) is 36.6 Å². The van der Waals surface area contributed by atoms with Crippen molar-refractivity contribution in [1.82, 2.24) is 9.80 Å². The molecule has 18 heavy (non-hydrogen) atoms. The van der Waals surface area contributed by atoms with Gasteiger partial charge < -0.3 is 15.5 Å². The van der Waals surface area contributed by atoms with Crippen molar-refractivity contribution in [3.63, 3.8) is 0 Å². The lowest BCUT2D eigenvalue weighted by Gasteiger charge is -2.25. The quantitative estimate of drug-likeness (QED) is 0.644. The van der Waals surface area contributed by atoms with Crippen molar-refractivity contribution in [2.24, 2.45) is 5.73 Å². The lowest BCUT2D eigenvalue weighted by atomic mass is 10.0. The van der Waals surface area contributed by atoms with Gasteiger partial charge in [0, 0.05) is 6.54 Å². The summed E-state index contributed by atoms with van der Waals surface area (Å²) in [4.78, 5) is 4.82. The van der Waals surface area contributed by atoms with Gasteiger partial charge in [-0.1, -0.05) is 20.8 Å². The summed E-state index contributed by atoms with van der Waals surface area (Å²) in [6.07, 6.45) is 1.92. The predicted molar refractivity (Wildman–Crippen MR) is 77.3 cm³/mol. The molecule has 0 aromatic heterocycles. The summed E-state index contributed by atoms with van der Waals surface area (Å²) in [6, 6.07) is 2.16. The molecule has 0 amide bonds. The van der Waals surface area contributed by atoms with Crippen molar-refractivity contribution in [2.45, 2.75) is 46.1 Å². The molecule has 0 aliphatic carbocycles. The first-order chi connectivity index (χ1) is 8.49. The molecule has 0 saturated carbocycles. The smallest absolute Gasteiger partial charge is 0.102 e. The molecule has 0 rings (SSSR count). The fourth-order valence-corrected chi connectivity index (χ4v) is 1.93. The number of nitrogens with two attached hydrogens (primary N) is 1. The normalized spacial score (nSPS) is 14.8. The van der Waals surface area contributed by atoms with E-state index in [-0.39, 0.29) is 0 Å². The first-order valence-electron chi connectivity index (χ1n) is 7.13. The monoisotopic (exact) mass is 254 g/mol. The van der Waals surface area contributed by atoms with E-state index >= 15 is 0 Å². The van der Waals surface area contributed by atoms with Crippen LogP contribution in [0.5, 0.6) is 0 Å². The molecule has 4 heteroatoms. The van der Waals surface area contributed by atoms with Crippen molar-refractivity contribution < 1.29 is 0 Å². The van der Waals surface area contributed by atoms with E-state index in [1.54, 1.807) is 6.92 Å². The summed E-state index contributed by atoms with van der Waals surface area (Å²) in [7, 11) is 0. The standard InChI is InChI=1S/C14H30N4/c1-5-17(6-2)10-8-11-18(7-3)12-9-14(4,16)13-15/h5-12,16H2,1-4H3. The van der Waals surface area contributed by atoms with Crippen molar-refractivity contribution in [2.75, 3.05) is 39.3 Å². The number of hydrogen-bond donors (Lipinski definition) is 1. The molecule has 0 radical (unpaired) electrons. The van der Waals surface area contributed by atoms with Crippen molar-refractivity contribution in [3.8, 4) is 6.07 Å². The zero-order chi connectivity index (χ0) is 14.0. The summed E-state index contributed by atoms with van der Waals surface area (Å²) in [5.74, 6) is 0. The van der Waals surface area contributed by atoms with E-state index in [1.165, 1.54) is 6.42 Å². The fourth-order valence-electron chi connectivity index (χ4n) is 1.93. The Labute approximate surface area is 113 Å². The second kappa shape index (κ2) is 9.32. The Morgan fingerprint density at radius 1 is 1.00 bits per heavy atom. The van der Waals surface area contributed by atoms with Crippen LogP contribution in [0.3, 0.4) is 0 Å². The molecule has 106 valence electrons. The second-order valence-electron chi connectivity index (χ2n) is 5.09. The Balaban J connectivity index is 3.88. The van der Waals surface area contributed by atoms with Crippen LogP contribution >= 0.6 is 0 Å². The van der Waals surface area contributed by atoms with Crippen LogP contribution in [0.15, 0.2) is 0 Å². The van der Waals surface area contributed by atoms with Crippen LogP contribution in [0.4, 0.5) is 0 Å². The predicted octanol–water partition coefficient (Wildman–Crippen LogP) is 1.67. The van der Waals surface area contributed by atoms with Gasteiger partial charge in [-0.15, -0.1) is 0 Å². The third-order valence-electron chi connectivity index (χ3n) is 3.49. The number of nitriles is 1. The molecule has 4 nitrogen and oxygen atoms in total. The van der Waals surface area contributed by atoms with Crippen LogP contribution in [0.2, 0.25) is 0 Å². The van der Waals surface area contributed by atoms with E-state index in [0.717, 1.165) is 45.7 Å². The van der Waals surface area contributed by atoms with Gasteiger partial charge in [0.25, 0.3) is 0 Å². The summed E-state index contributed by atoms with van der Waals surface area (Å²) < 4.78 is 0. The van der Waals surface area contributed by atoms with E-state index in [1.807, 2.05) is 0 Å². The lowest BCUT2D eigenvalue weighted by molar-refractivity contribution is 0.234. The van der Waals surface area contributed by atoms with Crippen molar-refractivity contribution >= 4 is 0 Å². The maximum atomic E-state index is 8.89. The minimum atomic E-state index is -0.688. The van der Waals surface area contributed by atoms with Crippen molar-refractivity contribution in [3.05, 3.63) is 0 Å². The molecule has 1 unspecified atom stereocenters. The summed E-state index contributed by atoms with van der Waals surface area (Å²) in [5.41, 5.74) is 5.15. The Hall–Kier alpha value is -0.630. The zero-order valence-electron chi connectivity index (χ0n) is 12.6. The Morgan fingerprint density at radius 2 is 1.50 bits per heavy atom. The van der Waals surface area contributed by atoms with E-state index in [4.69, 9.17) is 11.0 Å². The average molecular weight is 254 g/mol. The van der Waals surface area contributed by atoms with Gasteiger partial charge in [-0.2, -0.15) is 5.26 Å². The Kier molecular flexibility index (Phi) is 8.99. The molecule has 2 N–H and O–H groups in total. The first-order valence-corrected chi connectivity index (χ1v) is 7.13. The third kappa shape index (κ3) is 7.65. The molecule has 0 fully saturated rings. The molecule has 0 bridgehead atoms. The minimum absolute atomic E-state index is 0.688. The van der Waals surface area contributed by atoms with Crippen LogP contribution in [0, 0.1) is 11.3 Å². The highest BCUT2D eigenvalue weighted by atomic mass is 15.1. The fraction of sp³-hybridized carbons (Fsp3) is 0.929. The lowest BCUT2D eigenvalue weighted by Crippen LogP contribution is -2.39. The van der Waals surface area contributed by atoms with Crippen LogP contribution in [-0.4, -0.2) is 54.6 Å². The van der Waals surface area contributed by atoms with Crippen LogP contribution < -0.4 is 5.73 Å². The van der Waals surface area contributed by atoms with Gasteiger partial charge in [0.15, 0.2) is 0 Å². The maximum Gasteiger partial charge on any atom is 0.102 e. The van der Waals surface area contributed by atoms with Gasteiger partial charge in [-0.3, -0.25) is 0 Å². The minimum Gasteiger partial charge on any atom is -0.314 e. The van der Waals surface area contributed by atoms with Gasteiger partial charge in [0.2, 0.25) is 0 Å². The van der Waals surface area contributed by atoms with Gasteiger partial charge in [-0.25, -0.2) is 0 Å². The van der Waals surface area contributed by atoms with E-state index in [0.29, 0.717) is 0 Å². The van der Waals surface area contributed by atoms with Gasteiger partial charge in [0.1, 0.15) is 5.54 Å². The van der Waals surface area contributed by atoms with Crippen LogP contribution in [0.25, 0.3) is 0 Å². The van der Waals surface area contributed by atoms with E-state index in [9.17, 15) is 0 Å². The van der Waals surface area contributed by atoms with E-state index < -0.39 is 5.54 Å². The molecular formula is C14H30N4. The molecule has 0 spiro atoms. The first kappa shape index (κ1) is 17.4. The average Bonchev–Trinajstić information content (AvgIpc) is 2.38. The highest BCUT2D eigenvalue weighted by Crippen LogP contribution is 2.06. The highest BCUT2D eigenvalue weighted by molar-refractivity contribution is 5.01. The molecule has 0 heterocycles. The maximum absolute atomic E-state index is 8.89. The summed E-state index contributed by atoms with van der Waals surface area (Å²) >= 11 is 0. The molecular weight excluding hydrogens is 224 g/mol. The Bertz CT molecular complexity index is 241. The van der Waals surface area contributed by atoms with Crippen LogP contribution in [0.1, 0.15) is 40.5 Å². The highest BCUT2D eigenvalue weighted by Gasteiger charge is 2.18. The molecule has 0 aliphatic rings. The number of nitrogens with zero attached hydrogens (tertiary/aromatic N) is 3. The Morgan fingerprint density at radius 3 is 1.94 bits per heavy atom. The largest absolute Gasteiger partial charge is 0.314 e. The van der Waals surface area contributed by atoms with Gasteiger partial charge >= 0.3 is 0 Å². The molecule has 0 aliphatic heterocycles. The SMILES string of the molecule is CCN(CC)CCCN(CC)CCC(C)(N)C#N. The molecule has 0 aromatic rings. The van der Waals surface area contributed by atoms with Crippen LogP contribution in [-0.2, 0) is 0 Å². The molecule has 0 saturated heterocycles. The molecule has 0 aromatic carbocycles.